The van der Waals surface area contributed by atoms with Crippen LogP contribution in [0.1, 0.15) is 35.8 Å². The average molecular weight is 362 g/mol. The van der Waals surface area contributed by atoms with Crippen molar-refractivity contribution in [3.05, 3.63) is 70.4 Å². The van der Waals surface area contributed by atoms with Gasteiger partial charge < -0.3 is 4.98 Å². The van der Waals surface area contributed by atoms with E-state index in [2.05, 4.69) is 24.8 Å². The molecule has 0 radical (unpaired) electrons. The monoisotopic (exact) mass is 362 g/mol. The van der Waals surface area contributed by atoms with Crippen LogP contribution in [0.4, 0.5) is 0 Å². The molecule has 1 fully saturated rings. The van der Waals surface area contributed by atoms with Crippen LogP contribution in [0.3, 0.4) is 0 Å². The van der Waals surface area contributed by atoms with Crippen molar-refractivity contribution in [3.63, 3.8) is 0 Å². The standard InChI is InChI=1S/C20H22N6O/c1-14-22-9-15(10-23-14)12-26-7-3-5-17(13-26)18-8-19(27)25-20(24-18)16-4-2-6-21-11-16/h2,4,6,8-11,17H,3,5,7,12-13H2,1H3,(H,24,25,27). The number of pyridine rings is 1. The van der Waals surface area contributed by atoms with Gasteiger partial charge in [0.2, 0.25) is 0 Å². The number of aromatic amines is 1. The van der Waals surface area contributed by atoms with Crippen LogP contribution in [0.25, 0.3) is 11.4 Å². The SMILES string of the molecule is Cc1ncc(CN2CCCC(c3cc(=O)[nH]c(-c4cccnc4)n3)C2)cn1. The van der Waals surface area contributed by atoms with Crippen molar-refractivity contribution in [3.8, 4) is 11.4 Å². The highest BCUT2D eigenvalue weighted by molar-refractivity contribution is 5.52. The van der Waals surface area contributed by atoms with Crippen molar-refractivity contribution in [2.24, 2.45) is 0 Å². The van der Waals surface area contributed by atoms with Gasteiger partial charge >= 0.3 is 0 Å². The zero-order chi connectivity index (χ0) is 18.6. The van der Waals surface area contributed by atoms with Crippen molar-refractivity contribution in [2.45, 2.75) is 32.2 Å². The van der Waals surface area contributed by atoms with E-state index in [-0.39, 0.29) is 11.5 Å². The van der Waals surface area contributed by atoms with E-state index in [4.69, 9.17) is 4.98 Å². The summed E-state index contributed by atoms with van der Waals surface area (Å²) in [6.07, 6.45) is 9.31. The van der Waals surface area contributed by atoms with E-state index in [1.54, 1.807) is 18.5 Å². The number of aryl methyl sites for hydroxylation is 1. The average Bonchev–Trinajstić information content (AvgIpc) is 2.70. The Labute approximate surface area is 157 Å². The summed E-state index contributed by atoms with van der Waals surface area (Å²) in [6.45, 7) is 4.61. The van der Waals surface area contributed by atoms with Gasteiger partial charge in [-0.25, -0.2) is 15.0 Å². The van der Waals surface area contributed by atoms with Crippen LogP contribution in [0, 0.1) is 6.92 Å². The minimum atomic E-state index is -0.122. The van der Waals surface area contributed by atoms with E-state index in [1.807, 2.05) is 31.5 Å². The molecular formula is C20H22N6O. The van der Waals surface area contributed by atoms with E-state index >= 15 is 0 Å². The van der Waals surface area contributed by atoms with E-state index in [9.17, 15) is 4.79 Å². The minimum absolute atomic E-state index is 0.122. The number of likely N-dealkylation sites (tertiary alicyclic amines) is 1. The number of hydrogen-bond donors (Lipinski definition) is 1. The van der Waals surface area contributed by atoms with Crippen molar-refractivity contribution in [2.75, 3.05) is 13.1 Å². The lowest BCUT2D eigenvalue weighted by Gasteiger charge is -2.32. The van der Waals surface area contributed by atoms with Crippen LogP contribution < -0.4 is 5.56 Å². The van der Waals surface area contributed by atoms with Crippen LogP contribution in [-0.4, -0.2) is 42.9 Å². The zero-order valence-electron chi connectivity index (χ0n) is 15.3. The van der Waals surface area contributed by atoms with Crippen molar-refractivity contribution in [1.82, 2.24) is 29.8 Å². The molecule has 0 bridgehead atoms. The first-order valence-corrected chi connectivity index (χ1v) is 9.19. The summed E-state index contributed by atoms with van der Waals surface area (Å²) in [5.74, 6) is 1.60. The molecule has 1 atom stereocenters. The largest absolute Gasteiger partial charge is 0.306 e. The fourth-order valence-corrected chi connectivity index (χ4v) is 3.52. The van der Waals surface area contributed by atoms with Crippen LogP contribution in [0.5, 0.6) is 0 Å². The van der Waals surface area contributed by atoms with Crippen LogP contribution >= 0.6 is 0 Å². The molecule has 4 heterocycles. The van der Waals surface area contributed by atoms with Gasteiger partial charge in [-0.15, -0.1) is 0 Å². The molecule has 3 aromatic rings. The lowest BCUT2D eigenvalue weighted by atomic mass is 9.94. The molecule has 4 rings (SSSR count). The number of H-pyrrole nitrogens is 1. The minimum Gasteiger partial charge on any atom is -0.306 e. The van der Waals surface area contributed by atoms with Gasteiger partial charge in [0.1, 0.15) is 11.6 Å². The molecule has 0 saturated carbocycles. The van der Waals surface area contributed by atoms with Crippen LogP contribution in [-0.2, 0) is 6.54 Å². The predicted octanol–water partition coefficient (Wildman–Crippen LogP) is 2.31. The van der Waals surface area contributed by atoms with Crippen LogP contribution in [0.2, 0.25) is 0 Å². The maximum absolute atomic E-state index is 12.2. The number of piperidine rings is 1. The fraction of sp³-hybridized carbons (Fsp3) is 0.350. The van der Waals surface area contributed by atoms with Crippen molar-refractivity contribution < 1.29 is 0 Å². The molecule has 138 valence electrons. The quantitative estimate of drug-likeness (QED) is 0.766. The van der Waals surface area contributed by atoms with Gasteiger partial charge in [0, 0.05) is 61.0 Å². The van der Waals surface area contributed by atoms with Gasteiger partial charge in [-0.1, -0.05) is 0 Å². The highest BCUT2D eigenvalue weighted by Gasteiger charge is 2.23. The molecule has 1 aliphatic rings. The number of aromatic nitrogens is 5. The zero-order valence-corrected chi connectivity index (χ0v) is 15.3. The first-order chi connectivity index (χ1) is 13.2. The molecule has 0 aromatic carbocycles. The highest BCUT2D eigenvalue weighted by atomic mass is 16.1. The summed E-state index contributed by atoms with van der Waals surface area (Å²) >= 11 is 0. The second kappa shape index (κ2) is 7.75. The van der Waals surface area contributed by atoms with Crippen molar-refractivity contribution >= 4 is 0 Å². The van der Waals surface area contributed by atoms with Gasteiger partial charge in [0.05, 0.1) is 5.69 Å². The first kappa shape index (κ1) is 17.5. The topological polar surface area (TPSA) is 87.7 Å². The molecule has 0 spiro atoms. The Morgan fingerprint density at radius 2 is 2.11 bits per heavy atom. The Kier molecular flexibility index (Phi) is 5.02. The Morgan fingerprint density at radius 3 is 2.89 bits per heavy atom. The van der Waals surface area contributed by atoms with E-state index < -0.39 is 0 Å². The molecule has 1 aliphatic heterocycles. The molecule has 7 nitrogen and oxygen atoms in total. The number of rotatable bonds is 4. The summed E-state index contributed by atoms with van der Waals surface area (Å²) in [4.78, 5) is 34.8. The summed E-state index contributed by atoms with van der Waals surface area (Å²) in [7, 11) is 0. The van der Waals surface area contributed by atoms with Gasteiger partial charge in [0.15, 0.2) is 0 Å². The lowest BCUT2D eigenvalue weighted by molar-refractivity contribution is 0.198. The summed E-state index contributed by atoms with van der Waals surface area (Å²) in [5.41, 5.74) is 2.66. The summed E-state index contributed by atoms with van der Waals surface area (Å²) in [6, 6.07) is 5.37. The predicted molar refractivity (Wildman–Crippen MR) is 102 cm³/mol. The second-order valence-corrected chi connectivity index (χ2v) is 6.97. The van der Waals surface area contributed by atoms with E-state index in [0.29, 0.717) is 5.82 Å². The molecular weight excluding hydrogens is 340 g/mol. The smallest absolute Gasteiger partial charge is 0.251 e. The highest BCUT2D eigenvalue weighted by Crippen LogP contribution is 2.26. The molecule has 0 amide bonds. The summed E-state index contributed by atoms with van der Waals surface area (Å²) in [5, 5.41) is 0. The molecule has 0 aliphatic carbocycles. The van der Waals surface area contributed by atoms with Crippen LogP contribution in [0.15, 0.2) is 47.8 Å². The molecule has 3 aromatic heterocycles. The Hall–Kier alpha value is -2.93. The van der Waals surface area contributed by atoms with E-state index in [0.717, 1.165) is 55.1 Å². The summed E-state index contributed by atoms with van der Waals surface area (Å²) < 4.78 is 0. The number of nitrogens with zero attached hydrogens (tertiary/aromatic N) is 5. The molecule has 1 unspecified atom stereocenters. The Balaban J connectivity index is 1.53. The third kappa shape index (κ3) is 4.25. The Bertz CT molecular complexity index is 954. The maximum Gasteiger partial charge on any atom is 0.251 e. The van der Waals surface area contributed by atoms with Gasteiger partial charge in [-0.3, -0.25) is 14.7 Å². The number of hydrogen-bond acceptors (Lipinski definition) is 6. The molecule has 1 N–H and O–H groups in total. The second-order valence-electron chi connectivity index (χ2n) is 6.97. The van der Waals surface area contributed by atoms with E-state index in [1.165, 1.54) is 0 Å². The Morgan fingerprint density at radius 1 is 1.26 bits per heavy atom. The molecule has 27 heavy (non-hydrogen) atoms. The first-order valence-electron chi connectivity index (χ1n) is 9.19. The maximum atomic E-state index is 12.2. The fourth-order valence-electron chi connectivity index (χ4n) is 3.52. The normalized spacial score (nSPS) is 17.7. The van der Waals surface area contributed by atoms with Gasteiger partial charge in [-0.2, -0.15) is 0 Å². The lowest BCUT2D eigenvalue weighted by Crippen LogP contribution is -2.34. The van der Waals surface area contributed by atoms with Crippen molar-refractivity contribution in [1.29, 1.82) is 0 Å². The molecule has 1 saturated heterocycles. The van der Waals surface area contributed by atoms with Gasteiger partial charge in [0.25, 0.3) is 5.56 Å². The third-order valence-corrected chi connectivity index (χ3v) is 4.86. The van der Waals surface area contributed by atoms with Gasteiger partial charge in [-0.05, 0) is 38.4 Å². The number of nitrogens with one attached hydrogen (secondary N) is 1. The molecule has 7 heteroatoms. The third-order valence-electron chi connectivity index (χ3n) is 4.86.